The quantitative estimate of drug-likeness (QED) is 0.804. The lowest BCUT2D eigenvalue weighted by Gasteiger charge is -2.07. The number of rotatable bonds is 7. The van der Waals surface area contributed by atoms with Gasteiger partial charge in [0.2, 0.25) is 17.6 Å². The molecule has 0 spiro atoms. The van der Waals surface area contributed by atoms with Crippen LogP contribution in [0.2, 0.25) is 0 Å². The van der Waals surface area contributed by atoms with Gasteiger partial charge in [0.05, 0.1) is 5.92 Å². The van der Waals surface area contributed by atoms with E-state index in [2.05, 4.69) is 15.5 Å². The number of hydrogen-bond acceptors (Lipinski definition) is 6. The number of hydrogen-bond donors (Lipinski definition) is 2. The first kappa shape index (κ1) is 15.2. The molecule has 2 heterocycles. The van der Waals surface area contributed by atoms with Crippen LogP contribution in [0.3, 0.4) is 0 Å². The van der Waals surface area contributed by atoms with Crippen LogP contribution in [0.15, 0.2) is 21.3 Å². The molecule has 8 heteroatoms. The third-order valence-electron chi connectivity index (χ3n) is 2.84. The van der Waals surface area contributed by atoms with Gasteiger partial charge in [0, 0.05) is 30.3 Å². The summed E-state index contributed by atoms with van der Waals surface area (Å²) in [4.78, 5) is 26.4. The molecule has 2 aromatic rings. The highest BCUT2D eigenvalue weighted by Crippen LogP contribution is 2.18. The maximum atomic E-state index is 11.6. The van der Waals surface area contributed by atoms with Crippen LogP contribution < -0.4 is 5.32 Å². The first-order valence-electron chi connectivity index (χ1n) is 6.41. The number of aromatic nitrogens is 2. The van der Waals surface area contributed by atoms with Gasteiger partial charge in [-0.25, -0.2) is 0 Å². The van der Waals surface area contributed by atoms with E-state index in [9.17, 15) is 9.59 Å². The molecule has 2 rings (SSSR count). The number of aliphatic carboxylic acids is 1. The molecule has 21 heavy (non-hydrogen) atoms. The van der Waals surface area contributed by atoms with Crippen LogP contribution in [0.25, 0.3) is 11.4 Å². The maximum absolute atomic E-state index is 11.6. The lowest BCUT2D eigenvalue weighted by Crippen LogP contribution is -2.31. The van der Waals surface area contributed by atoms with Crippen LogP contribution in [0.5, 0.6) is 0 Å². The monoisotopic (exact) mass is 309 g/mol. The topological polar surface area (TPSA) is 105 Å². The Labute approximate surface area is 125 Å². The fraction of sp³-hybridized carbons (Fsp3) is 0.385. The molecule has 0 aliphatic carbocycles. The average molecular weight is 309 g/mol. The maximum Gasteiger partial charge on any atom is 0.308 e. The molecule has 1 unspecified atom stereocenters. The summed E-state index contributed by atoms with van der Waals surface area (Å²) >= 11 is 1.54. The zero-order valence-electron chi connectivity index (χ0n) is 11.4. The summed E-state index contributed by atoms with van der Waals surface area (Å²) in [7, 11) is 0. The van der Waals surface area contributed by atoms with Crippen molar-refractivity contribution in [3.63, 3.8) is 0 Å². The molecule has 2 aromatic heterocycles. The van der Waals surface area contributed by atoms with Crippen LogP contribution in [0.1, 0.15) is 19.2 Å². The first-order valence-corrected chi connectivity index (χ1v) is 7.35. The fourth-order valence-electron chi connectivity index (χ4n) is 1.53. The molecule has 1 amide bonds. The van der Waals surface area contributed by atoms with E-state index in [1.54, 1.807) is 0 Å². The molecule has 0 fully saturated rings. The van der Waals surface area contributed by atoms with E-state index in [0.717, 1.165) is 5.56 Å². The van der Waals surface area contributed by atoms with Crippen LogP contribution >= 0.6 is 11.3 Å². The Kier molecular flexibility index (Phi) is 5.04. The zero-order chi connectivity index (χ0) is 15.2. The number of carboxylic acid groups (broad SMARTS) is 1. The first-order chi connectivity index (χ1) is 10.1. The van der Waals surface area contributed by atoms with Gasteiger partial charge in [0.1, 0.15) is 0 Å². The van der Waals surface area contributed by atoms with E-state index < -0.39 is 11.9 Å². The molecule has 0 aliphatic rings. The predicted octanol–water partition coefficient (Wildman–Crippen LogP) is 1.57. The van der Waals surface area contributed by atoms with E-state index >= 15 is 0 Å². The van der Waals surface area contributed by atoms with E-state index in [0.29, 0.717) is 18.1 Å². The third kappa shape index (κ3) is 4.38. The number of carbonyl (C=O) groups is 2. The van der Waals surface area contributed by atoms with Gasteiger partial charge in [-0.1, -0.05) is 12.1 Å². The number of amides is 1. The van der Waals surface area contributed by atoms with Gasteiger partial charge in [0.15, 0.2) is 0 Å². The lowest BCUT2D eigenvalue weighted by molar-refractivity contribution is -0.141. The van der Waals surface area contributed by atoms with Gasteiger partial charge in [0.25, 0.3) is 0 Å². The van der Waals surface area contributed by atoms with E-state index in [1.807, 2.05) is 16.8 Å². The molecule has 0 radical (unpaired) electrons. The van der Waals surface area contributed by atoms with Crippen LogP contribution in [0.4, 0.5) is 0 Å². The number of nitrogens with one attached hydrogen (secondary N) is 1. The Balaban J connectivity index is 1.78. The SMILES string of the molecule is CC(CNC(=O)CCc1nc(-c2ccsc2)no1)C(=O)O. The highest BCUT2D eigenvalue weighted by molar-refractivity contribution is 7.08. The molecular weight excluding hydrogens is 294 g/mol. The van der Waals surface area contributed by atoms with Crippen molar-refractivity contribution in [2.75, 3.05) is 6.54 Å². The predicted molar refractivity (Wildman–Crippen MR) is 75.7 cm³/mol. The minimum Gasteiger partial charge on any atom is -0.481 e. The minimum atomic E-state index is -0.937. The number of carboxylic acids is 1. The van der Waals surface area contributed by atoms with Gasteiger partial charge in [-0.3, -0.25) is 9.59 Å². The molecule has 2 N–H and O–H groups in total. The Morgan fingerprint density at radius 3 is 3.00 bits per heavy atom. The Morgan fingerprint density at radius 2 is 2.33 bits per heavy atom. The molecule has 112 valence electrons. The molecule has 0 aromatic carbocycles. The largest absolute Gasteiger partial charge is 0.481 e. The van der Waals surface area contributed by atoms with Crippen molar-refractivity contribution in [2.45, 2.75) is 19.8 Å². The van der Waals surface area contributed by atoms with Gasteiger partial charge in [-0.2, -0.15) is 16.3 Å². The third-order valence-corrected chi connectivity index (χ3v) is 3.52. The Hall–Kier alpha value is -2.22. The molecule has 0 saturated carbocycles. The molecule has 1 atom stereocenters. The van der Waals surface area contributed by atoms with Crippen molar-refractivity contribution in [1.82, 2.24) is 15.5 Å². The lowest BCUT2D eigenvalue weighted by atomic mass is 10.2. The molecule has 0 aliphatic heterocycles. The highest BCUT2D eigenvalue weighted by Gasteiger charge is 2.14. The van der Waals surface area contributed by atoms with Crippen molar-refractivity contribution in [1.29, 1.82) is 0 Å². The van der Waals surface area contributed by atoms with Crippen LogP contribution in [-0.2, 0) is 16.0 Å². The van der Waals surface area contributed by atoms with Crippen molar-refractivity contribution in [3.05, 3.63) is 22.7 Å². The zero-order valence-corrected chi connectivity index (χ0v) is 12.2. The average Bonchev–Trinajstić information content (AvgIpc) is 3.12. The summed E-state index contributed by atoms with van der Waals surface area (Å²) < 4.78 is 5.07. The normalized spacial score (nSPS) is 12.0. The number of aryl methyl sites for hydroxylation is 1. The van der Waals surface area contributed by atoms with Crippen molar-refractivity contribution >= 4 is 23.2 Å². The standard InChI is InChI=1S/C13H15N3O4S/c1-8(13(18)19)6-14-10(17)2-3-11-15-12(16-20-11)9-4-5-21-7-9/h4-5,7-8H,2-3,6H2,1H3,(H,14,17)(H,18,19). The van der Waals surface area contributed by atoms with Gasteiger partial charge >= 0.3 is 5.97 Å². The Bertz CT molecular complexity index is 609. The Morgan fingerprint density at radius 1 is 1.52 bits per heavy atom. The van der Waals surface area contributed by atoms with Gasteiger partial charge in [-0.15, -0.1) is 0 Å². The van der Waals surface area contributed by atoms with Gasteiger partial charge in [-0.05, 0) is 11.4 Å². The summed E-state index contributed by atoms with van der Waals surface area (Å²) in [5, 5.41) is 18.9. The van der Waals surface area contributed by atoms with Crippen LogP contribution in [0, 0.1) is 5.92 Å². The second kappa shape index (κ2) is 6.98. The molecule has 0 saturated heterocycles. The summed E-state index contributed by atoms with van der Waals surface area (Å²) in [5.74, 6) is -0.891. The van der Waals surface area contributed by atoms with Gasteiger partial charge < -0.3 is 14.9 Å². The van der Waals surface area contributed by atoms with Crippen molar-refractivity contribution in [3.8, 4) is 11.4 Å². The number of thiophene rings is 1. The second-order valence-electron chi connectivity index (χ2n) is 4.57. The number of nitrogens with zero attached hydrogens (tertiary/aromatic N) is 2. The summed E-state index contributed by atoms with van der Waals surface area (Å²) in [5.41, 5.74) is 0.884. The van der Waals surface area contributed by atoms with E-state index in [-0.39, 0.29) is 18.9 Å². The second-order valence-corrected chi connectivity index (χ2v) is 5.35. The molecule has 7 nitrogen and oxygen atoms in total. The summed E-state index contributed by atoms with van der Waals surface area (Å²) in [6.45, 7) is 1.64. The molecule has 0 bridgehead atoms. The molecular formula is C13H15N3O4S. The summed E-state index contributed by atoms with van der Waals surface area (Å²) in [6, 6.07) is 1.89. The van der Waals surface area contributed by atoms with Crippen LogP contribution in [-0.4, -0.2) is 33.7 Å². The fourth-order valence-corrected chi connectivity index (χ4v) is 2.16. The number of carbonyl (C=O) groups excluding carboxylic acids is 1. The minimum absolute atomic E-state index is 0.109. The van der Waals surface area contributed by atoms with Crippen molar-refractivity contribution in [2.24, 2.45) is 5.92 Å². The van der Waals surface area contributed by atoms with Crippen molar-refractivity contribution < 1.29 is 19.2 Å². The smallest absolute Gasteiger partial charge is 0.308 e. The highest BCUT2D eigenvalue weighted by atomic mass is 32.1. The summed E-state index contributed by atoms with van der Waals surface area (Å²) in [6.07, 6.45) is 0.502. The van der Waals surface area contributed by atoms with E-state index in [1.165, 1.54) is 18.3 Å². The van der Waals surface area contributed by atoms with E-state index in [4.69, 9.17) is 9.63 Å².